The lowest BCUT2D eigenvalue weighted by Gasteiger charge is -2.42. The molecule has 0 radical (unpaired) electrons. The van der Waals surface area contributed by atoms with Gasteiger partial charge in [0, 0.05) is 41.8 Å². The van der Waals surface area contributed by atoms with Crippen molar-refractivity contribution < 1.29 is 0 Å². The molecule has 1 saturated heterocycles. The molecule has 1 aromatic carbocycles. The Morgan fingerprint density at radius 2 is 1.95 bits per heavy atom. The summed E-state index contributed by atoms with van der Waals surface area (Å²) in [5.41, 5.74) is 4.41. The zero-order chi connectivity index (χ0) is 13.8. The molecule has 2 aromatic rings. The third-order valence-electron chi connectivity index (χ3n) is 5.59. The van der Waals surface area contributed by atoms with E-state index in [2.05, 4.69) is 39.5 Å². The Balaban J connectivity index is 1.50. The largest absolute Gasteiger partial charge is 0.357 e. The zero-order valence-electron chi connectivity index (χ0n) is 12.4. The number of piperidine rings is 1. The van der Waals surface area contributed by atoms with E-state index in [0.29, 0.717) is 6.04 Å². The van der Waals surface area contributed by atoms with Crippen LogP contribution in [0.3, 0.4) is 0 Å². The van der Waals surface area contributed by atoms with E-state index in [1.165, 1.54) is 61.8 Å². The number of H-pyrrole nitrogens is 1. The van der Waals surface area contributed by atoms with Gasteiger partial charge in [0.15, 0.2) is 0 Å². The predicted octanol–water partition coefficient (Wildman–Crippen LogP) is 2.98. The highest BCUT2D eigenvalue weighted by Gasteiger charge is 2.36. The number of aromatic amines is 1. The van der Waals surface area contributed by atoms with Crippen LogP contribution in [0.2, 0.25) is 0 Å². The maximum atomic E-state index is 3.85. The van der Waals surface area contributed by atoms with E-state index in [-0.39, 0.29) is 0 Å². The average Bonchev–Trinajstić information content (AvgIpc) is 3.25. The first-order valence-electron chi connectivity index (χ1n) is 8.48. The standard InChI is InChI=1S/C18H23N3/c1-2-4-16-14(3-1)15-8-10-21-9-7-13(19-12-5-6-12)11-17(21)18(15)20-16/h1-4,12-13,17,19-20H,5-11H2/t13-,17-/m0/s1. The first-order chi connectivity index (χ1) is 10.4. The van der Waals surface area contributed by atoms with E-state index in [9.17, 15) is 0 Å². The van der Waals surface area contributed by atoms with Gasteiger partial charge in [0.2, 0.25) is 0 Å². The lowest BCUT2D eigenvalue weighted by molar-refractivity contribution is 0.113. The fraction of sp³-hybridized carbons (Fsp3) is 0.556. The second kappa shape index (κ2) is 4.59. The molecular formula is C18H23N3. The molecule has 2 N–H and O–H groups in total. The Labute approximate surface area is 125 Å². The molecule has 5 rings (SSSR count). The van der Waals surface area contributed by atoms with E-state index >= 15 is 0 Å². The van der Waals surface area contributed by atoms with Crippen molar-refractivity contribution in [3.05, 3.63) is 35.5 Å². The van der Waals surface area contributed by atoms with Crippen molar-refractivity contribution in [2.45, 2.75) is 50.2 Å². The van der Waals surface area contributed by atoms with Gasteiger partial charge in [-0.2, -0.15) is 0 Å². The van der Waals surface area contributed by atoms with Crippen LogP contribution in [0.15, 0.2) is 24.3 Å². The maximum absolute atomic E-state index is 3.85. The highest BCUT2D eigenvalue weighted by molar-refractivity contribution is 5.85. The lowest BCUT2D eigenvalue weighted by atomic mass is 9.88. The van der Waals surface area contributed by atoms with Gasteiger partial charge in [-0.3, -0.25) is 4.90 Å². The number of hydrogen-bond donors (Lipinski definition) is 2. The molecular weight excluding hydrogens is 258 g/mol. The number of nitrogens with one attached hydrogen (secondary N) is 2. The van der Waals surface area contributed by atoms with E-state index < -0.39 is 0 Å². The Morgan fingerprint density at radius 3 is 2.86 bits per heavy atom. The van der Waals surface area contributed by atoms with Crippen molar-refractivity contribution in [2.75, 3.05) is 13.1 Å². The average molecular weight is 281 g/mol. The first-order valence-corrected chi connectivity index (χ1v) is 8.48. The molecule has 1 aliphatic carbocycles. The molecule has 1 saturated carbocycles. The maximum Gasteiger partial charge on any atom is 0.0516 e. The number of rotatable bonds is 2. The highest BCUT2D eigenvalue weighted by Crippen LogP contribution is 2.39. The third kappa shape index (κ3) is 2.02. The second-order valence-electron chi connectivity index (χ2n) is 7.03. The summed E-state index contributed by atoms with van der Waals surface area (Å²) in [6.07, 6.45) is 6.58. The molecule has 21 heavy (non-hydrogen) atoms. The quantitative estimate of drug-likeness (QED) is 0.886. The molecule has 2 atom stereocenters. The number of nitrogens with zero attached hydrogens (tertiary/aromatic N) is 1. The summed E-state index contributed by atoms with van der Waals surface area (Å²) in [6, 6.07) is 11.0. The Bertz CT molecular complexity index is 670. The second-order valence-corrected chi connectivity index (χ2v) is 7.03. The molecule has 3 nitrogen and oxygen atoms in total. The van der Waals surface area contributed by atoms with Crippen LogP contribution in [0.1, 0.15) is 43.0 Å². The van der Waals surface area contributed by atoms with Gasteiger partial charge in [-0.05, 0) is 43.7 Å². The molecule has 0 unspecified atom stereocenters. The van der Waals surface area contributed by atoms with Crippen molar-refractivity contribution in [2.24, 2.45) is 0 Å². The fourth-order valence-corrected chi connectivity index (χ4v) is 4.35. The third-order valence-corrected chi connectivity index (χ3v) is 5.59. The molecule has 0 bridgehead atoms. The SMILES string of the molecule is c1ccc2c3c([nH]c2c1)[C@@H]1C[C@@H](NC2CC2)CCN1CC3. The Morgan fingerprint density at radius 1 is 1.05 bits per heavy atom. The fourth-order valence-electron chi connectivity index (χ4n) is 4.35. The molecule has 110 valence electrons. The molecule has 0 spiro atoms. The predicted molar refractivity (Wildman–Crippen MR) is 85.5 cm³/mol. The summed E-state index contributed by atoms with van der Waals surface area (Å²) in [7, 11) is 0. The van der Waals surface area contributed by atoms with Crippen LogP contribution in [0.4, 0.5) is 0 Å². The summed E-state index contributed by atoms with van der Waals surface area (Å²) in [5.74, 6) is 0. The van der Waals surface area contributed by atoms with Crippen LogP contribution in [-0.4, -0.2) is 35.1 Å². The molecule has 0 amide bonds. The summed E-state index contributed by atoms with van der Waals surface area (Å²) in [5, 5.41) is 5.30. The number of aromatic nitrogens is 1. The van der Waals surface area contributed by atoms with Gasteiger partial charge in [0.1, 0.15) is 0 Å². The van der Waals surface area contributed by atoms with E-state index in [4.69, 9.17) is 0 Å². The van der Waals surface area contributed by atoms with Gasteiger partial charge < -0.3 is 10.3 Å². The van der Waals surface area contributed by atoms with Crippen LogP contribution in [0.25, 0.3) is 10.9 Å². The van der Waals surface area contributed by atoms with Crippen molar-refractivity contribution in [3.8, 4) is 0 Å². The lowest BCUT2D eigenvalue weighted by Crippen LogP contribution is -2.47. The van der Waals surface area contributed by atoms with Gasteiger partial charge >= 0.3 is 0 Å². The molecule has 2 fully saturated rings. The first kappa shape index (κ1) is 12.2. The summed E-state index contributed by atoms with van der Waals surface area (Å²) < 4.78 is 0. The van der Waals surface area contributed by atoms with E-state index in [1.807, 2.05) is 0 Å². The monoisotopic (exact) mass is 281 g/mol. The van der Waals surface area contributed by atoms with Gasteiger partial charge in [-0.25, -0.2) is 0 Å². The highest BCUT2D eigenvalue weighted by atomic mass is 15.2. The smallest absolute Gasteiger partial charge is 0.0516 e. The van der Waals surface area contributed by atoms with Crippen molar-refractivity contribution >= 4 is 10.9 Å². The Kier molecular flexibility index (Phi) is 2.67. The van der Waals surface area contributed by atoms with Crippen LogP contribution in [0.5, 0.6) is 0 Å². The molecule has 2 aliphatic heterocycles. The summed E-state index contributed by atoms with van der Waals surface area (Å²) >= 11 is 0. The van der Waals surface area contributed by atoms with Crippen molar-refractivity contribution in [1.29, 1.82) is 0 Å². The summed E-state index contributed by atoms with van der Waals surface area (Å²) in [4.78, 5) is 6.43. The van der Waals surface area contributed by atoms with Crippen LogP contribution in [0, 0.1) is 0 Å². The van der Waals surface area contributed by atoms with Crippen LogP contribution >= 0.6 is 0 Å². The van der Waals surface area contributed by atoms with Gasteiger partial charge in [-0.15, -0.1) is 0 Å². The normalized spacial score (nSPS) is 29.3. The summed E-state index contributed by atoms with van der Waals surface area (Å²) in [6.45, 7) is 2.49. The van der Waals surface area contributed by atoms with Gasteiger partial charge in [-0.1, -0.05) is 18.2 Å². The van der Waals surface area contributed by atoms with Crippen LogP contribution < -0.4 is 5.32 Å². The van der Waals surface area contributed by atoms with Crippen LogP contribution in [-0.2, 0) is 6.42 Å². The minimum atomic E-state index is 0.603. The number of hydrogen-bond acceptors (Lipinski definition) is 2. The van der Waals surface area contributed by atoms with E-state index in [0.717, 1.165) is 12.1 Å². The number of fused-ring (bicyclic) bond motifs is 5. The topological polar surface area (TPSA) is 31.1 Å². The Hall–Kier alpha value is -1.32. The molecule has 3 heteroatoms. The van der Waals surface area contributed by atoms with Crippen molar-refractivity contribution in [1.82, 2.24) is 15.2 Å². The van der Waals surface area contributed by atoms with Crippen molar-refractivity contribution in [3.63, 3.8) is 0 Å². The number of para-hydroxylation sites is 1. The minimum absolute atomic E-state index is 0.603. The molecule has 3 heterocycles. The van der Waals surface area contributed by atoms with Gasteiger partial charge in [0.05, 0.1) is 6.04 Å². The minimum Gasteiger partial charge on any atom is -0.357 e. The molecule has 1 aromatic heterocycles. The number of benzene rings is 1. The van der Waals surface area contributed by atoms with E-state index in [1.54, 1.807) is 5.56 Å². The van der Waals surface area contributed by atoms with Gasteiger partial charge in [0.25, 0.3) is 0 Å². The zero-order valence-corrected chi connectivity index (χ0v) is 12.4. The molecule has 3 aliphatic rings.